The molecule has 0 spiro atoms. The number of hydrogen-bond donors (Lipinski definition) is 1. The van der Waals surface area contributed by atoms with Gasteiger partial charge in [0, 0.05) is 12.2 Å². The first-order chi connectivity index (χ1) is 10.2. The highest BCUT2D eigenvalue weighted by Crippen LogP contribution is 2.27. The summed E-state index contributed by atoms with van der Waals surface area (Å²) in [7, 11) is 0. The van der Waals surface area contributed by atoms with Crippen molar-refractivity contribution in [1.82, 2.24) is 14.9 Å². The molecule has 0 amide bonds. The Balaban J connectivity index is 1.94. The van der Waals surface area contributed by atoms with Gasteiger partial charge in [-0.15, -0.1) is 0 Å². The highest BCUT2D eigenvalue weighted by Gasteiger charge is 2.23. The normalized spacial score (nSPS) is 18.7. The molecule has 0 radical (unpaired) electrons. The van der Waals surface area contributed by atoms with Crippen molar-refractivity contribution in [3.63, 3.8) is 0 Å². The predicted octanol–water partition coefficient (Wildman–Crippen LogP) is 3.98. The van der Waals surface area contributed by atoms with Gasteiger partial charge in [0.1, 0.15) is 6.10 Å². The fraction of sp³-hybridized carbons (Fsp3) is 0.308. The highest BCUT2D eigenvalue weighted by molar-refractivity contribution is 7.71. The molecule has 1 atom stereocenters. The molecule has 0 aliphatic carbocycles. The number of halogens is 2. The fourth-order valence-electron chi connectivity index (χ4n) is 2.15. The molecule has 8 heteroatoms. The molecule has 1 aromatic carbocycles. The van der Waals surface area contributed by atoms with Crippen LogP contribution in [0.5, 0.6) is 0 Å². The van der Waals surface area contributed by atoms with E-state index in [1.807, 2.05) is 12.1 Å². The summed E-state index contributed by atoms with van der Waals surface area (Å²) in [5, 5.41) is 12.2. The lowest BCUT2D eigenvalue weighted by Crippen LogP contribution is -2.05. The summed E-state index contributed by atoms with van der Waals surface area (Å²) in [6, 6.07) is 5.36. The van der Waals surface area contributed by atoms with E-state index >= 15 is 0 Å². The van der Waals surface area contributed by atoms with E-state index in [0.717, 1.165) is 19.4 Å². The largest absolute Gasteiger partial charge is 0.370 e. The Labute approximate surface area is 136 Å². The lowest BCUT2D eigenvalue weighted by Gasteiger charge is -2.07. The topological polar surface area (TPSA) is 55.2 Å². The van der Waals surface area contributed by atoms with Crippen LogP contribution in [0.2, 0.25) is 10.0 Å². The van der Waals surface area contributed by atoms with Crippen molar-refractivity contribution in [3.05, 3.63) is 44.4 Å². The minimum Gasteiger partial charge on any atom is -0.370 e. The van der Waals surface area contributed by atoms with E-state index in [9.17, 15) is 0 Å². The molecular weight excluding hydrogens is 331 g/mol. The van der Waals surface area contributed by atoms with Gasteiger partial charge in [-0.2, -0.15) is 14.9 Å². The first-order valence-electron chi connectivity index (χ1n) is 6.44. The van der Waals surface area contributed by atoms with Gasteiger partial charge in [0.2, 0.25) is 4.77 Å². The standard InChI is InChI=1S/C13H12Cl2N4OS/c14-9-4-1-3-8(11(9)15)7-16-19-12(17-18-13(19)21)10-5-2-6-20-10/h1,3-4,7,10H,2,5-6H2,(H,18,21)/b16-7-/t10-/m0/s1. The van der Waals surface area contributed by atoms with Crippen LogP contribution in [0, 0.1) is 4.77 Å². The molecule has 2 aromatic rings. The van der Waals surface area contributed by atoms with E-state index in [4.69, 9.17) is 40.2 Å². The van der Waals surface area contributed by atoms with Crippen LogP contribution in [-0.4, -0.2) is 27.7 Å². The number of aromatic nitrogens is 3. The van der Waals surface area contributed by atoms with E-state index in [1.165, 1.54) is 0 Å². The number of nitrogens with one attached hydrogen (secondary N) is 1. The molecule has 1 fully saturated rings. The average molecular weight is 343 g/mol. The Morgan fingerprint density at radius 3 is 3.10 bits per heavy atom. The Hall–Kier alpha value is -1.21. The van der Waals surface area contributed by atoms with Gasteiger partial charge in [0.25, 0.3) is 0 Å². The van der Waals surface area contributed by atoms with Gasteiger partial charge in [0.15, 0.2) is 5.82 Å². The maximum atomic E-state index is 6.13. The predicted molar refractivity (Wildman–Crippen MR) is 84.8 cm³/mol. The van der Waals surface area contributed by atoms with E-state index in [-0.39, 0.29) is 6.10 Å². The summed E-state index contributed by atoms with van der Waals surface area (Å²) in [6.07, 6.45) is 3.45. The van der Waals surface area contributed by atoms with Gasteiger partial charge >= 0.3 is 0 Å². The first kappa shape index (κ1) is 14.7. The van der Waals surface area contributed by atoms with Crippen molar-refractivity contribution in [1.29, 1.82) is 0 Å². The van der Waals surface area contributed by atoms with E-state index in [1.54, 1.807) is 17.0 Å². The molecule has 1 saturated heterocycles. The van der Waals surface area contributed by atoms with Crippen LogP contribution in [0.3, 0.4) is 0 Å². The Bertz CT molecular complexity index is 734. The third kappa shape index (κ3) is 3.03. The summed E-state index contributed by atoms with van der Waals surface area (Å²) in [4.78, 5) is 0. The summed E-state index contributed by atoms with van der Waals surface area (Å²) in [5.41, 5.74) is 0.713. The summed E-state index contributed by atoms with van der Waals surface area (Å²) in [6.45, 7) is 0.730. The van der Waals surface area contributed by atoms with Crippen molar-refractivity contribution in [2.45, 2.75) is 18.9 Å². The van der Waals surface area contributed by atoms with Gasteiger partial charge in [-0.3, -0.25) is 5.10 Å². The van der Waals surface area contributed by atoms with Crippen LogP contribution in [0.4, 0.5) is 0 Å². The van der Waals surface area contributed by atoms with Crippen molar-refractivity contribution >= 4 is 41.6 Å². The monoisotopic (exact) mass is 342 g/mol. The zero-order chi connectivity index (χ0) is 14.8. The molecule has 21 heavy (non-hydrogen) atoms. The Morgan fingerprint density at radius 2 is 2.33 bits per heavy atom. The number of benzene rings is 1. The van der Waals surface area contributed by atoms with Crippen LogP contribution >= 0.6 is 35.4 Å². The quantitative estimate of drug-likeness (QED) is 0.677. The molecule has 1 aromatic heterocycles. The molecule has 1 aliphatic heterocycles. The molecule has 3 rings (SSSR count). The van der Waals surface area contributed by atoms with Gasteiger partial charge < -0.3 is 4.74 Å². The number of nitrogens with zero attached hydrogens (tertiary/aromatic N) is 3. The number of ether oxygens (including phenoxy) is 1. The molecule has 110 valence electrons. The third-order valence-electron chi connectivity index (χ3n) is 3.19. The van der Waals surface area contributed by atoms with Gasteiger partial charge in [0.05, 0.1) is 16.3 Å². The average Bonchev–Trinajstić information content (AvgIpc) is 3.10. The summed E-state index contributed by atoms with van der Waals surface area (Å²) in [5.74, 6) is 0.673. The summed E-state index contributed by atoms with van der Waals surface area (Å²) < 4.78 is 7.59. The van der Waals surface area contributed by atoms with Crippen molar-refractivity contribution in [2.75, 3.05) is 6.61 Å². The van der Waals surface area contributed by atoms with E-state index < -0.39 is 0 Å². The number of rotatable bonds is 3. The lowest BCUT2D eigenvalue weighted by molar-refractivity contribution is 0.102. The van der Waals surface area contributed by atoms with Crippen LogP contribution < -0.4 is 0 Å². The highest BCUT2D eigenvalue weighted by atomic mass is 35.5. The minimum atomic E-state index is -0.0788. The molecule has 0 unspecified atom stereocenters. The third-order valence-corrected chi connectivity index (χ3v) is 4.28. The molecule has 1 N–H and O–H groups in total. The number of aromatic amines is 1. The van der Waals surface area contributed by atoms with E-state index in [2.05, 4.69) is 15.3 Å². The molecular formula is C13H12Cl2N4OS. The molecule has 0 saturated carbocycles. The zero-order valence-electron chi connectivity index (χ0n) is 10.9. The Morgan fingerprint density at radius 1 is 1.48 bits per heavy atom. The number of H-pyrrole nitrogens is 1. The second kappa shape index (κ2) is 6.27. The first-order valence-corrected chi connectivity index (χ1v) is 7.60. The maximum Gasteiger partial charge on any atom is 0.216 e. The SMILES string of the molecule is S=c1[nH]nc([C@@H]2CCCO2)n1/N=C\c1cccc(Cl)c1Cl. The van der Waals surface area contributed by atoms with Crippen LogP contribution in [0.15, 0.2) is 23.3 Å². The second-order valence-corrected chi connectivity index (χ2v) is 5.76. The van der Waals surface area contributed by atoms with Gasteiger partial charge in [-0.25, -0.2) is 0 Å². The maximum absolute atomic E-state index is 6.13. The molecule has 2 heterocycles. The molecule has 5 nitrogen and oxygen atoms in total. The second-order valence-electron chi connectivity index (χ2n) is 4.59. The molecule has 0 bridgehead atoms. The van der Waals surface area contributed by atoms with Crippen LogP contribution in [0.25, 0.3) is 0 Å². The van der Waals surface area contributed by atoms with Crippen molar-refractivity contribution < 1.29 is 4.74 Å². The Kier molecular flexibility index (Phi) is 4.40. The zero-order valence-corrected chi connectivity index (χ0v) is 13.3. The van der Waals surface area contributed by atoms with E-state index in [0.29, 0.717) is 26.2 Å². The molecule has 1 aliphatic rings. The van der Waals surface area contributed by atoms with Crippen LogP contribution in [0.1, 0.15) is 30.3 Å². The van der Waals surface area contributed by atoms with Crippen molar-refractivity contribution in [3.8, 4) is 0 Å². The van der Waals surface area contributed by atoms with Crippen LogP contribution in [-0.2, 0) is 4.74 Å². The van der Waals surface area contributed by atoms with Gasteiger partial charge in [-0.1, -0.05) is 35.3 Å². The van der Waals surface area contributed by atoms with Crippen molar-refractivity contribution in [2.24, 2.45) is 5.10 Å². The minimum absolute atomic E-state index is 0.0788. The fourth-order valence-corrected chi connectivity index (χ4v) is 2.69. The number of hydrogen-bond acceptors (Lipinski definition) is 4. The smallest absolute Gasteiger partial charge is 0.216 e. The lowest BCUT2D eigenvalue weighted by atomic mass is 10.2. The van der Waals surface area contributed by atoms with Gasteiger partial charge in [-0.05, 0) is 31.1 Å². The summed E-state index contributed by atoms with van der Waals surface area (Å²) >= 11 is 17.3.